The van der Waals surface area contributed by atoms with Gasteiger partial charge in [-0.1, -0.05) is 90.1 Å². The van der Waals surface area contributed by atoms with Crippen LogP contribution < -0.4 is 4.90 Å². The molecule has 2 unspecified atom stereocenters. The van der Waals surface area contributed by atoms with Gasteiger partial charge in [0.2, 0.25) is 5.91 Å². The van der Waals surface area contributed by atoms with Crippen molar-refractivity contribution in [3.05, 3.63) is 138 Å². The van der Waals surface area contributed by atoms with Crippen LogP contribution in [0.2, 0.25) is 0 Å². The summed E-state index contributed by atoms with van der Waals surface area (Å²) in [4.78, 5) is 27.7. The van der Waals surface area contributed by atoms with Crippen LogP contribution in [0.5, 0.6) is 0 Å². The summed E-state index contributed by atoms with van der Waals surface area (Å²) in [6.07, 6.45) is 2.04. The molecule has 1 aliphatic rings. The molecule has 1 aromatic heterocycles. The van der Waals surface area contributed by atoms with Crippen LogP contribution in [0.3, 0.4) is 0 Å². The topological polar surface area (TPSA) is 101 Å². The van der Waals surface area contributed by atoms with Crippen LogP contribution in [-0.2, 0) is 35.6 Å². The molecule has 9 heteroatoms. The molecule has 49 heavy (non-hydrogen) atoms. The van der Waals surface area contributed by atoms with Crippen molar-refractivity contribution in [3.63, 3.8) is 0 Å². The Morgan fingerprint density at radius 3 is 2.14 bits per heavy atom. The molecule has 7 rings (SSSR count). The number of carboxylic acid groups (broad SMARTS) is 1. The Bertz CT molecular complexity index is 2090. The van der Waals surface area contributed by atoms with Gasteiger partial charge in [-0.05, 0) is 75.3 Å². The third kappa shape index (κ3) is 7.47. The molecule has 0 saturated carbocycles. The minimum atomic E-state index is -0.937. The van der Waals surface area contributed by atoms with Crippen LogP contribution in [0.4, 0.5) is 10.5 Å². The second-order valence-corrected chi connectivity index (χ2v) is 12.8. The first-order valence-electron chi connectivity index (χ1n) is 16.7. The summed E-state index contributed by atoms with van der Waals surface area (Å²) >= 11 is 0. The van der Waals surface area contributed by atoms with Crippen LogP contribution in [0.1, 0.15) is 41.6 Å². The van der Waals surface area contributed by atoms with Gasteiger partial charge in [0.1, 0.15) is 0 Å². The molecule has 1 N–H and O–H groups in total. The average Bonchev–Trinajstić information content (AvgIpc) is 3.61. The molecule has 1 fully saturated rings. The number of ether oxygens (including phenoxy) is 1. The van der Waals surface area contributed by atoms with Crippen molar-refractivity contribution in [2.75, 3.05) is 18.0 Å². The highest BCUT2D eigenvalue weighted by Gasteiger charge is 2.35. The number of nitrogens with zero attached hydrogens (tertiary/aromatic N) is 5. The van der Waals surface area contributed by atoms with Gasteiger partial charge in [0.25, 0.3) is 0 Å². The maximum Gasteiger partial charge on any atom is 0.407 e. The first-order valence-corrected chi connectivity index (χ1v) is 16.7. The Balaban J connectivity index is 0.987. The third-order valence-electron chi connectivity index (χ3n) is 9.46. The van der Waals surface area contributed by atoms with E-state index in [1.165, 1.54) is 15.7 Å². The second-order valence-electron chi connectivity index (χ2n) is 12.8. The number of likely N-dealkylation sites (tertiary alicyclic amines) is 1. The Hall–Kier alpha value is -5.54. The molecule has 2 amide bonds. The van der Waals surface area contributed by atoms with Crippen molar-refractivity contribution in [1.29, 1.82) is 0 Å². The first kappa shape index (κ1) is 32.0. The van der Waals surface area contributed by atoms with E-state index < -0.39 is 6.09 Å². The summed E-state index contributed by atoms with van der Waals surface area (Å²) in [7, 11) is 0. The minimum absolute atomic E-state index is 0.00945. The zero-order chi connectivity index (χ0) is 33.7. The third-order valence-corrected chi connectivity index (χ3v) is 9.46. The molecular formula is C40H39N5O4. The largest absolute Gasteiger partial charge is 0.465 e. The van der Waals surface area contributed by atoms with Crippen LogP contribution >= 0.6 is 0 Å². The Labute approximate surface area is 285 Å². The lowest BCUT2D eigenvalue weighted by atomic mass is 9.91. The molecule has 5 aromatic carbocycles. The van der Waals surface area contributed by atoms with E-state index in [9.17, 15) is 14.7 Å². The van der Waals surface area contributed by atoms with E-state index in [4.69, 9.17) is 4.74 Å². The zero-order valence-corrected chi connectivity index (χ0v) is 27.5. The van der Waals surface area contributed by atoms with Gasteiger partial charge < -0.3 is 19.6 Å². The van der Waals surface area contributed by atoms with E-state index in [0.717, 1.165) is 45.3 Å². The summed E-state index contributed by atoms with van der Waals surface area (Å²) in [5.41, 5.74) is 4.92. The van der Waals surface area contributed by atoms with E-state index in [-0.39, 0.29) is 24.5 Å². The highest BCUT2D eigenvalue weighted by Crippen LogP contribution is 2.30. The van der Waals surface area contributed by atoms with Crippen LogP contribution in [-0.4, -0.2) is 56.2 Å². The van der Waals surface area contributed by atoms with Gasteiger partial charge in [-0.2, -0.15) is 0 Å². The van der Waals surface area contributed by atoms with Gasteiger partial charge in [0, 0.05) is 37.8 Å². The van der Waals surface area contributed by atoms with Gasteiger partial charge in [0.15, 0.2) is 0 Å². The lowest BCUT2D eigenvalue weighted by Gasteiger charge is -2.36. The Kier molecular flexibility index (Phi) is 9.34. The van der Waals surface area contributed by atoms with E-state index in [1.54, 1.807) is 11.8 Å². The fourth-order valence-corrected chi connectivity index (χ4v) is 6.71. The number of aryl methyl sites for hydroxylation is 2. The van der Waals surface area contributed by atoms with Crippen molar-refractivity contribution < 1.29 is 19.4 Å². The molecule has 0 radical (unpaired) electrons. The van der Waals surface area contributed by atoms with Crippen molar-refractivity contribution in [1.82, 2.24) is 19.9 Å². The standard InChI is InChI=1S/C40H39N5O4/c1-28(46)45(24-30-10-14-32-6-2-4-8-34(32)22-30)36-16-12-29(13-17-36)18-21-44-25-38(41-42-44)37-19-20-43(40(47)48)26-39(37)49-27-31-11-15-33-7-3-5-9-35(33)23-31/h2-17,22-23,25,37,39H,18-21,24,26-27H2,1H3,(H,47,48). The Morgan fingerprint density at radius 2 is 1.47 bits per heavy atom. The molecule has 1 aliphatic heterocycles. The summed E-state index contributed by atoms with van der Waals surface area (Å²) in [6, 6.07) is 37.1. The number of rotatable bonds is 10. The van der Waals surface area contributed by atoms with E-state index >= 15 is 0 Å². The number of carbonyl (C=O) groups excluding carboxylic acids is 1. The van der Waals surface area contributed by atoms with Gasteiger partial charge in [0.05, 0.1) is 31.5 Å². The van der Waals surface area contributed by atoms with Gasteiger partial charge in [-0.3, -0.25) is 9.48 Å². The maximum absolute atomic E-state index is 12.6. The second kappa shape index (κ2) is 14.3. The van der Waals surface area contributed by atoms with Crippen molar-refractivity contribution in [2.24, 2.45) is 0 Å². The molecule has 248 valence electrons. The monoisotopic (exact) mass is 653 g/mol. The predicted molar refractivity (Wildman–Crippen MR) is 190 cm³/mol. The first-order chi connectivity index (χ1) is 23.9. The number of fused-ring (bicyclic) bond motifs is 2. The SMILES string of the molecule is CC(=O)N(Cc1ccc2ccccc2c1)c1ccc(CCn2cc(C3CCN(C(=O)O)CC3OCc3ccc4ccccc4c3)nn2)cc1. The number of hydrogen-bond acceptors (Lipinski definition) is 5. The molecule has 6 aromatic rings. The van der Waals surface area contributed by atoms with E-state index in [0.29, 0.717) is 32.7 Å². The fraction of sp³-hybridized carbons (Fsp3) is 0.250. The summed E-state index contributed by atoms with van der Waals surface area (Å²) < 4.78 is 8.24. The van der Waals surface area contributed by atoms with E-state index in [1.807, 2.05) is 47.3 Å². The number of aromatic nitrogens is 3. The zero-order valence-electron chi connectivity index (χ0n) is 27.5. The average molecular weight is 654 g/mol. The molecule has 1 saturated heterocycles. The molecule has 2 atom stereocenters. The highest BCUT2D eigenvalue weighted by molar-refractivity contribution is 5.92. The quantitative estimate of drug-likeness (QED) is 0.165. The smallest absolute Gasteiger partial charge is 0.407 e. The van der Waals surface area contributed by atoms with Crippen LogP contribution in [0.25, 0.3) is 21.5 Å². The highest BCUT2D eigenvalue weighted by atomic mass is 16.5. The number of amides is 2. The number of carbonyl (C=O) groups is 2. The number of anilines is 1. The molecule has 9 nitrogen and oxygen atoms in total. The van der Waals surface area contributed by atoms with Crippen molar-refractivity contribution in [2.45, 2.75) is 51.5 Å². The van der Waals surface area contributed by atoms with Gasteiger partial charge >= 0.3 is 6.09 Å². The van der Waals surface area contributed by atoms with Gasteiger partial charge in [-0.15, -0.1) is 5.10 Å². The molecule has 0 bridgehead atoms. The molecular weight excluding hydrogens is 614 g/mol. The minimum Gasteiger partial charge on any atom is -0.465 e. The molecule has 0 aliphatic carbocycles. The van der Waals surface area contributed by atoms with Crippen molar-refractivity contribution >= 4 is 39.2 Å². The fourth-order valence-electron chi connectivity index (χ4n) is 6.71. The van der Waals surface area contributed by atoms with Gasteiger partial charge in [-0.25, -0.2) is 4.79 Å². The summed E-state index contributed by atoms with van der Waals surface area (Å²) in [6.45, 7) is 3.82. The van der Waals surface area contributed by atoms with Crippen molar-refractivity contribution in [3.8, 4) is 0 Å². The lowest BCUT2D eigenvalue weighted by Crippen LogP contribution is -2.46. The van der Waals surface area contributed by atoms with Crippen LogP contribution in [0, 0.1) is 0 Å². The molecule has 0 spiro atoms. The van der Waals surface area contributed by atoms with E-state index in [2.05, 4.69) is 83.1 Å². The predicted octanol–water partition coefficient (Wildman–Crippen LogP) is 7.43. The normalized spacial score (nSPS) is 16.2. The lowest BCUT2D eigenvalue weighted by molar-refractivity contribution is -0.116. The molecule has 2 heterocycles. The maximum atomic E-state index is 12.6. The number of piperidine rings is 1. The number of benzene rings is 5. The summed E-state index contributed by atoms with van der Waals surface area (Å²) in [5.74, 6) is -0.0750. The Morgan fingerprint density at radius 1 is 0.837 bits per heavy atom. The summed E-state index contributed by atoms with van der Waals surface area (Å²) in [5, 5.41) is 23.3. The number of hydrogen-bond donors (Lipinski definition) is 1. The van der Waals surface area contributed by atoms with Crippen LogP contribution in [0.15, 0.2) is 115 Å².